The zero-order valence-corrected chi connectivity index (χ0v) is 14.7. The molecular formula is C20H32O2. The predicted molar refractivity (Wildman–Crippen MR) is 90.6 cm³/mol. The Hall–Kier alpha value is -0.600. The Labute approximate surface area is 135 Å². The van der Waals surface area contributed by atoms with Gasteiger partial charge in [0.1, 0.15) is 5.60 Å². The number of epoxide rings is 1. The van der Waals surface area contributed by atoms with Crippen molar-refractivity contribution in [2.24, 2.45) is 22.7 Å². The first-order valence-corrected chi connectivity index (χ1v) is 8.87. The van der Waals surface area contributed by atoms with Crippen molar-refractivity contribution in [2.45, 2.75) is 71.5 Å². The zero-order valence-electron chi connectivity index (χ0n) is 14.7. The molecule has 0 aromatic rings. The molecule has 0 radical (unpaired) electrons. The maximum absolute atomic E-state index is 10.8. The van der Waals surface area contributed by atoms with Crippen molar-refractivity contribution < 1.29 is 9.84 Å². The third-order valence-electron chi connectivity index (χ3n) is 7.16. The molecule has 1 spiro atoms. The molecule has 2 saturated carbocycles. The highest BCUT2D eigenvalue weighted by Crippen LogP contribution is 2.66. The van der Waals surface area contributed by atoms with E-state index in [4.69, 9.17) is 4.74 Å². The van der Waals surface area contributed by atoms with Crippen LogP contribution in [0.1, 0.15) is 59.8 Å². The molecule has 2 nitrogen and oxygen atoms in total. The minimum absolute atomic E-state index is 0.267. The highest BCUT2D eigenvalue weighted by molar-refractivity contribution is 5.20. The monoisotopic (exact) mass is 304 g/mol. The van der Waals surface area contributed by atoms with Crippen LogP contribution in [0.3, 0.4) is 0 Å². The van der Waals surface area contributed by atoms with Crippen molar-refractivity contribution in [3.8, 4) is 0 Å². The fourth-order valence-corrected chi connectivity index (χ4v) is 5.72. The van der Waals surface area contributed by atoms with Gasteiger partial charge in [-0.25, -0.2) is 0 Å². The van der Waals surface area contributed by atoms with Crippen LogP contribution < -0.4 is 0 Å². The number of ether oxygens (including phenoxy) is 1. The van der Waals surface area contributed by atoms with Gasteiger partial charge in [-0.3, -0.25) is 0 Å². The van der Waals surface area contributed by atoms with Crippen LogP contribution in [0, 0.1) is 22.7 Å². The van der Waals surface area contributed by atoms with Crippen LogP contribution in [0.15, 0.2) is 24.3 Å². The fourth-order valence-electron chi connectivity index (χ4n) is 5.72. The van der Waals surface area contributed by atoms with E-state index in [9.17, 15) is 5.11 Å². The van der Waals surface area contributed by atoms with Gasteiger partial charge in [0.25, 0.3) is 0 Å². The Balaban J connectivity index is 1.96. The smallest absolute Gasteiger partial charge is 0.121 e. The molecule has 0 aromatic heterocycles. The van der Waals surface area contributed by atoms with Gasteiger partial charge in [0.15, 0.2) is 0 Å². The average molecular weight is 304 g/mol. The molecule has 3 rings (SSSR count). The molecule has 2 heteroatoms. The number of aliphatic hydroxyl groups excluding tert-OH is 1. The van der Waals surface area contributed by atoms with E-state index in [1.807, 2.05) is 6.08 Å². The summed E-state index contributed by atoms with van der Waals surface area (Å²) in [5.41, 5.74) is 1.55. The largest absolute Gasteiger partial charge is 0.390 e. The third-order valence-corrected chi connectivity index (χ3v) is 7.16. The second-order valence-corrected chi connectivity index (χ2v) is 8.84. The van der Waals surface area contributed by atoms with Crippen molar-refractivity contribution in [1.29, 1.82) is 0 Å². The van der Waals surface area contributed by atoms with Gasteiger partial charge >= 0.3 is 0 Å². The van der Waals surface area contributed by atoms with Crippen molar-refractivity contribution in [3.63, 3.8) is 0 Å². The zero-order chi connectivity index (χ0) is 16.2. The minimum Gasteiger partial charge on any atom is -0.390 e. The fraction of sp³-hybridized carbons (Fsp3) is 0.800. The van der Waals surface area contributed by atoms with Crippen LogP contribution in [0.5, 0.6) is 0 Å². The molecule has 3 aliphatic rings. The van der Waals surface area contributed by atoms with E-state index in [1.54, 1.807) is 0 Å². The third kappa shape index (κ3) is 2.30. The van der Waals surface area contributed by atoms with E-state index in [-0.39, 0.29) is 17.1 Å². The molecule has 1 heterocycles. The minimum atomic E-state index is -0.301. The lowest BCUT2D eigenvalue weighted by molar-refractivity contribution is -0.151. The Morgan fingerprint density at radius 1 is 1.32 bits per heavy atom. The summed E-state index contributed by atoms with van der Waals surface area (Å²) in [5.74, 6) is 1.00. The van der Waals surface area contributed by atoms with E-state index in [2.05, 4.69) is 40.3 Å². The first kappa shape index (κ1) is 16.3. The van der Waals surface area contributed by atoms with E-state index < -0.39 is 0 Å². The van der Waals surface area contributed by atoms with Gasteiger partial charge in [-0.15, -0.1) is 0 Å². The number of fused-ring (bicyclic) bond motifs is 1. The van der Waals surface area contributed by atoms with Crippen molar-refractivity contribution in [1.82, 2.24) is 0 Å². The topological polar surface area (TPSA) is 32.8 Å². The van der Waals surface area contributed by atoms with Gasteiger partial charge in [0, 0.05) is 5.92 Å². The van der Waals surface area contributed by atoms with Gasteiger partial charge in [-0.1, -0.05) is 51.5 Å². The molecule has 5 atom stereocenters. The van der Waals surface area contributed by atoms with Crippen LogP contribution in [0.2, 0.25) is 0 Å². The van der Waals surface area contributed by atoms with Crippen LogP contribution >= 0.6 is 0 Å². The molecule has 0 bridgehead atoms. The molecule has 5 unspecified atom stereocenters. The van der Waals surface area contributed by atoms with Crippen LogP contribution in [-0.4, -0.2) is 23.4 Å². The molecule has 1 N–H and O–H groups in total. The van der Waals surface area contributed by atoms with E-state index in [0.717, 1.165) is 19.4 Å². The number of allylic oxidation sites excluding steroid dienone is 3. The molecule has 1 saturated heterocycles. The number of hydrogen-bond donors (Lipinski definition) is 1. The summed E-state index contributed by atoms with van der Waals surface area (Å²) >= 11 is 0. The predicted octanol–water partition coefficient (Wildman–Crippen LogP) is 4.49. The van der Waals surface area contributed by atoms with Gasteiger partial charge in [0.05, 0.1) is 12.7 Å². The quantitative estimate of drug-likeness (QED) is 0.615. The summed E-state index contributed by atoms with van der Waals surface area (Å²) in [7, 11) is 0. The summed E-state index contributed by atoms with van der Waals surface area (Å²) in [6.07, 6.45) is 9.67. The molecule has 3 fully saturated rings. The second-order valence-electron chi connectivity index (χ2n) is 8.84. The molecule has 1 aliphatic heterocycles. The van der Waals surface area contributed by atoms with E-state index in [0.29, 0.717) is 17.3 Å². The highest BCUT2D eigenvalue weighted by Gasteiger charge is 2.68. The second kappa shape index (κ2) is 5.21. The summed E-state index contributed by atoms with van der Waals surface area (Å²) in [6, 6.07) is 0. The highest BCUT2D eigenvalue weighted by atomic mass is 16.6. The lowest BCUT2D eigenvalue weighted by atomic mass is 9.45. The Bertz CT molecular complexity index is 486. The van der Waals surface area contributed by atoms with Crippen molar-refractivity contribution in [3.05, 3.63) is 24.3 Å². The van der Waals surface area contributed by atoms with Gasteiger partial charge in [-0.05, 0) is 49.4 Å². The molecular weight excluding hydrogens is 272 g/mol. The summed E-state index contributed by atoms with van der Waals surface area (Å²) in [6.45, 7) is 14.0. The molecule has 0 amide bonds. The molecule has 22 heavy (non-hydrogen) atoms. The van der Waals surface area contributed by atoms with Gasteiger partial charge in [0.2, 0.25) is 0 Å². The first-order valence-electron chi connectivity index (χ1n) is 8.87. The lowest BCUT2D eigenvalue weighted by Gasteiger charge is -2.60. The standard InChI is InChI=1S/C20H32O2/c1-6-14(2)8-9-15-19(5)11-7-10-18(3,4)16(19)12-17(21)20(15)13-22-20/h6,8,15-17,21H,1,7,9-13H2,2-5H3. The summed E-state index contributed by atoms with van der Waals surface area (Å²) in [4.78, 5) is 0. The molecule has 0 aromatic carbocycles. The summed E-state index contributed by atoms with van der Waals surface area (Å²) in [5, 5.41) is 10.8. The maximum atomic E-state index is 10.8. The number of rotatable bonds is 3. The van der Waals surface area contributed by atoms with Crippen molar-refractivity contribution >= 4 is 0 Å². The Morgan fingerprint density at radius 3 is 2.59 bits per heavy atom. The van der Waals surface area contributed by atoms with Crippen molar-refractivity contribution in [2.75, 3.05) is 6.61 Å². The molecule has 2 aliphatic carbocycles. The van der Waals surface area contributed by atoms with E-state index in [1.165, 1.54) is 24.8 Å². The lowest BCUT2D eigenvalue weighted by Crippen LogP contribution is -2.59. The maximum Gasteiger partial charge on any atom is 0.121 e. The SMILES string of the molecule is C=CC(C)=CCC1C2(C)CCCC(C)(C)C2CC(O)C12CO2. The van der Waals surface area contributed by atoms with Crippen LogP contribution in [0.4, 0.5) is 0 Å². The van der Waals surface area contributed by atoms with Gasteiger partial charge in [-0.2, -0.15) is 0 Å². The van der Waals surface area contributed by atoms with E-state index >= 15 is 0 Å². The first-order chi connectivity index (χ1) is 10.3. The number of aliphatic hydroxyl groups is 1. The summed E-state index contributed by atoms with van der Waals surface area (Å²) < 4.78 is 5.91. The Morgan fingerprint density at radius 2 is 2.00 bits per heavy atom. The van der Waals surface area contributed by atoms with Crippen LogP contribution in [0.25, 0.3) is 0 Å². The Kier molecular flexibility index (Phi) is 3.85. The normalized spacial score (nSPS) is 47.1. The van der Waals surface area contributed by atoms with Gasteiger partial charge < -0.3 is 9.84 Å². The number of hydrogen-bond acceptors (Lipinski definition) is 2. The average Bonchev–Trinajstić information content (AvgIpc) is 3.22. The molecule has 124 valence electrons. The van der Waals surface area contributed by atoms with Crippen LogP contribution in [-0.2, 0) is 4.74 Å².